The minimum absolute atomic E-state index is 0.170. The Balaban J connectivity index is 0.000000531. The lowest BCUT2D eigenvalue weighted by Crippen LogP contribution is -2.20. The van der Waals surface area contributed by atoms with E-state index >= 15 is 0 Å². The SMILES string of the molecule is CC(C)(C)n1ccc2ccccc21.CO. The van der Waals surface area contributed by atoms with Crippen LogP contribution in [0.1, 0.15) is 20.8 Å². The third kappa shape index (κ3) is 2.39. The maximum Gasteiger partial charge on any atom is 0.0485 e. The quantitative estimate of drug-likeness (QED) is 0.702. The van der Waals surface area contributed by atoms with E-state index in [4.69, 9.17) is 5.11 Å². The molecule has 0 aliphatic carbocycles. The Bertz CT molecular complexity index is 423. The van der Waals surface area contributed by atoms with E-state index < -0.39 is 0 Å². The summed E-state index contributed by atoms with van der Waals surface area (Å²) in [6.07, 6.45) is 2.16. The topological polar surface area (TPSA) is 25.2 Å². The predicted octanol–water partition coefficient (Wildman–Crippen LogP) is 3.00. The molecule has 0 saturated heterocycles. The molecule has 0 atom stereocenters. The van der Waals surface area contributed by atoms with E-state index in [1.165, 1.54) is 10.9 Å². The van der Waals surface area contributed by atoms with Crippen molar-refractivity contribution in [1.82, 2.24) is 4.57 Å². The second-order valence-electron chi connectivity index (χ2n) is 4.42. The largest absolute Gasteiger partial charge is 0.400 e. The third-order valence-electron chi connectivity index (χ3n) is 2.32. The van der Waals surface area contributed by atoms with Crippen LogP contribution in [0.4, 0.5) is 0 Å². The lowest BCUT2D eigenvalue weighted by molar-refractivity contribution is 0.399. The Kier molecular flexibility index (Phi) is 3.53. The molecule has 15 heavy (non-hydrogen) atoms. The zero-order valence-corrected chi connectivity index (χ0v) is 9.86. The number of hydrogen-bond acceptors (Lipinski definition) is 1. The fraction of sp³-hybridized carbons (Fsp3) is 0.385. The summed E-state index contributed by atoms with van der Waals surface area (Å²) < 4.78 is 2.31. The first-order chi connectivity index (χ1) is 7.09. The summed E-state index contributed by atoms with van der Waals surface area (Å²) in [5, 5.41) is 8.32. The van der Waals surface area contributed by atoms with Crippen LogP contribution in [0.5, 0.6) is 0 Å². The van der Waals surface area contributed by atoms with Crippen LogP contribution in [-0.4, -0.2) is 16.8 Å². The van der Waals surface area contributed by atoms with Gasteiger partial charge in [0.05, 0.1) is 0 Å². The van der Waals surface area contributed by atoms with Gasteiger partial charge in [-0.1, -0.05) is 18.2 Å². The van der Waals surface area contributed by atoms with Gasteiger partial charge in [-0.15, -0.1) is 0 Å². The van der Waals surface area contributed by atoms with Crippen LogP contribution in [0.15, 0.2) is 36.5 Å². The van der Waals surface area contributed by atoms with Gasteiger partial charge in [0.2, 0.25) is 0 Å². The monoisotopic (exact) mass is 205 g/mol. The van der Waals surface area contributed by atoms with Gasteiger partial charge in [-0.25, -0.2) is 0 Å². The fourth-order valence-corrected chi connectivity index (χ4v) is 1.67. The Morgan fingerprint density at radius 2 is 1.60 bits per heavy atom. The first-order valence-electron chi connectivity index (χ1n) is 5.10. The highest BCUT2D eigenvalue weighted by Crippen LogP contribution is 2.23. The van der Waals surface area contributed by atoms with E-state index in [2.05, 4.69) is 61.9 Å². The Morgan fingerprint density at radius 1 is 1.00 bits per heavy atom. The molecule has 0 unspecified atom stereocenters. The van der Waals surface area contributed by atoms with E-state index in [1.807, 2.05) is 0 Å². The van der Waals surface area contributed by atoms with E-state index in [1.54, 1.807) is 0 Å². The molecule has 2 aromatic rings. The zero-order chi connectivity index (χ0) is 11.5. The third-order valence-corrected chi connectivity index (χ3v) is 2.32. The molecule has 1 aromatic carbocycles. The molecule has 0 amide bonds. The van der Waals surface area contributed by atoms with Crippen LogP contribution in [-0.2, 0) is 5.54 Å². The summed E-state index contributed by atoms with van der Waals surface area (Å²) in [5.74, 6) is 0. The highest BCUT2D eigenvalue weighted by atomic mass is 16.2. The molecule has 0 spiro atoms. The van der Waals surface area contributed by atoms with Crippen molar-refractivity contribution in [1.29, 1.82) is 0 Å². The molecule has 0 bridgehead atoms. The molecule has 0 fully saturated rings. The molecule has 0 aliphatic rings. The van der Waals surface area contributed by atoms with Crippen molar-refractivity contribution in [3.63, 3.8) is 0 Å². The molecule has 0 radical (unpaired) electrons. The number of hydrogen-bond donors (Lipinski definition) is 1. The van der Waals surface area contributed by atoms with Crippen molar-refractivity contribution in [2.75, 3.05) is 7.11 Å². The Morgan fingerprint density at radius 3 is 2.20 bits per heavy atom. The molecule has 2 nitrogen and oxygen atoms in total. The van der Waals surface area contributed by atoms with Gasteiger partial charge >= 0.3 is 0 Å². The number of fused-ring (bicyclic) bond motifs is 1. The number of rotatable bonds is 0. The van der Waals surface area contributed by atoms with Crippen molar-refractivity contribution < 1.29 is 5.11 Å². The number of aliphatic hydroxyl groups excluding tert-OH is 1. The zero-order valence-electron chi connectivity index (χ0n) is 9.86. The van der Waals surface area contributed by atoms with Gasteiger partial charge in [-0.2, -0.15) is 0 Å². The van der Waals surface area contributed by atoms with Crippen molar-refractivity contribution in [2.45, 2.75) is 26.3 Å². The van der Waals surface area contributed by atoms with E-state index in [-0.39, 0.29) is 5.54 Å². The summed E-state index contributed by atoms with van der Waals surface area (Å²) in [5.41, 5.74) is 1.48. The van der Waals surface area contributed by atoms with Crippen LogP contribution in [0, 0.1) is 0 Å². The molecule has 0 aliphatic heterocycles. The number of para-hydroxylation sites is 1. The van der Waals surface area contributed by atoms with Gasteiger partial charge in [-0.05, 0) is 38.3 Å². The van der Waals surface area contributed by atoms with E-state index in [0.717, 1.165) is 7.11 Å². The minimum atomic E-state index is 0.170. The summed E-state index contributed by atoms with van der Waals surface area (Å²) >= 11 is 0. The predicted molar refractivity (Wildman–Crippen MR) is 65.1 cm³/mol. The van der Waals surface area contributed by atoms with Gasteiger partial charge in [0, 0.05) is 24.4 Å². The second-order valence-corrected chi connectivity index (χ2v) is 4.42. The molecule has 2 heteroatoms. The molecule has 1 N–H and O–H groups in total. The highest BCUT2D eigenvalue weighted by Gasteiger charge is 2.13. The standard InChI is InChI=1S/C12H15N.CH4O/c1-12(2,3)13-9-8-10-6-4-5-7-11(10)13;1-2/h4-9H,1-3H3;2H,1H3. The van der Waals surface area contributed by atoms with Crippen molar-refractivity contribution in [3.8, 4) is 0 Å². The first kappa shape index (κ1) is 11.8. The number of benzene rings is 1. The van der Waals surface area contributed by atoms with Gasteiger partial charge in [0.25, 0.3) is 0 Å². The van der Waals surface area contributed by atoms with Crippen molar-refractivity contribution in [2.24, 2.45) is 0 Å². The van der Waals surface area contributed by atoms with E-state index in [0.29, 0.717) is 0 Å². The first-order valence-corrected chi connectivity index (χ1v) is 5.10. The van der Waals surface area contributed by atoms with Crippen molar-refractivity contribution in [3.05, 3.63) is 36.5 Å². The lowest BCUT2D eigenvalue weighted by atomic mass is 10.1. The van der Waals surface area contributed by atoms with Crippen LogP contribution < -0.4 is 0 Å². The number of nitrogens with zero attached hydrogens (tertiary/aromatic N) is 1. The summed E-state index contributed by atoms with van der Waals surface area (Å²) in [6, 6.07) is 10.7. The maximum absolute atomic E-state index is 7.00. The number of aromatic nitrogens is 1. The molecular weight excluding hydrogens is 186 g/mol. The Hall–Kier alpha value is -1.28. The van der Waals surface area contributed by atoms with Crippen LogP contribution in [0.25, 0.3) is 10.9 Å². The van der Waals surface area contributed by atoms with Gasteiger partial charge in [0.15, 0.2) is 0 Å². The Labute approximate surface area is 91.2 Å². The average molecular weight is 205 g/mol. The van der Waals surface area contributed by atoms with Crippen LogP contribution in [0.2, 0.25) is 0 Å². The summed E-state index contributed by atoms with van der Waals surface area (Å²) in [4.78, 5) is 0. The molecule has 1 aromatic heterocycles. The number of aliphatic hydroxyl groups is 1. The molecule has 0 saturated carbocycles. The smallest absolute Gasteiger partial charge is 0.0485 e. The van der Waals surface area contributed by atoms with Gasteiger partial charge in [-0.3, -0.25) is 0 Å². The molecular formula is C13H19NO. The summed E-state index contributed by atoms with van der Waals surface area (Å²) in [6.45, 7) is 6.66. The van der Waals surface area contributed by atoms with Gasteiger partial charge < -0.3 is 9.67 Å². The second kappa shape index (κ2) is 4.49. The lowest BCUT2D eigenvalue weighted by Gasteiger charge is -2.22. The van der Waals surface area contributed by atoms with Crippen LogP contribution >= 0.6 is 0 Å². The normalized spacial score (nSPS) is 11.0. The molecule has 82 valence electrons. The van der Waals surface area contributed by atoms with Crippen LogP contribution in [0.3, 0.4) is 0 Å². The average Bonchev–Trinajstić information content (AvgIpc) is 2.63. The maximum atomic E-state index is 7.00. The molecule has 2 rings (SSSR count). The van der Waals surface area contributed by atoms with Gasteiger partial charge in [0.1, 0.15) is 0 Å². The summed E-state index contributed by atoms with van der Waals surface area (Å²) in [7, 11) is 1.00. The highest BCUT2D eigenvalue weighted by molar-refractivity contribution is 5.80. The fourth-order valence-electron chi connectivity index (χ4n) is 1.67. The van der Waals surface area contributed by atoms with Crippen molar-refractivity contribution >= 4 is 10.9 Å². The minimum Gasteiger partial charge on any atom is -0.400 e. The molecule has 1 heterocycles. The van der Waals surface area contributed by atoms with E-state index in [9.17, 15) is 0 Å².